The van der Waals surface area contributed by atoms with Gasteiger partial charge >= 0.3 is 5.97 Å². The molecule has 0 aliphatic rings. The lowest BCUT2D eigenvalue weighted by Gasteiger charge is -2.14. The zero-order valence-electron chi connectivity index (χ0n) is 25.8. The summed E-state index contributed by atoms with van der Waals surface area (Å²) < 4.78 is 0. The van der Waals surface area contributed by atoms with Crippen LogP contribution >= 0.6 is 11.6 Å². The van der Waals surface area contributed by atoms with E-state index in [1.165, 1.54) is 5.56 Å². The van der Waals surface area contributed by atoms with Crippen molar-refractivity contribution >= 4 is 52.9 Å². The molecule has 16 heteroatoms. The van der Waals surface area contributed by atoms with Crippen LogP contribution in [-0.2, 0) is 22.4 Å². The van der Waals surface area contributed by atoms with Crippen LogP contribution in [0, 0.1) is 0 Å². The summed E-state index contributed by atoms with van der Waals surface area (Å²) in [6, 6.07) is 15.2. The van der Waals surface area contributed by atoms with Crippen molar-refractivity contribution in [2.45, 2.75) is 51.0 Å². The van der Waals surface area contributed by atoms with Crippen LogP contribution in [0.2, 0.25) is 5.15 Å². The van der Waals surface area contributed by atoms with Crippen LogP contribution in [0.1, 0.15) is 53.7 Å². The minimum absolute atomic E-state index is 0.0566. The number of aliphatic imine (C=N–C) groups is 2. The number of carboxylic acids is 1. The van der Waals surface area contributed by atoms with Crippen molar-refractivity contribution in [3.8, 4) is 11.1 Å². The van der Waals surface area contributed by atoms with E-state index < -0.39 is 17.9 Å². The van der Waals surface area contributed by atoms with Crippen LogP contribution in [0.3, 0.4) is 0 Å². The minimum Gasteiger partial charge on any atom is -0.480 e. The fourth-order valence-corrected chi connectivity index (χ4v) is 4.60. The largest absolute Gasteiger partial charge is 0.480 e. The van der Waals surface area contributed by atoms with Gasteiger partial charge in [-0.1, -0.05) is 60.1 Å². The molecule has 0 radical (unpaired) electrons. The van der Waals surface area contributed by atoms with Gasteiger partial charge in [0.15, 0.2) is 34.4 Å². The number of aromatic nitrogens is 2. The fourth-order valence-electron chi connectivity index (χ4n) is 4.48. The number of carbonyl (C=O) groups is 3. The number of halogens is 1. The zero-order valence-corrected chi connectivity index (χ0v) is 26.5. The highest BCUT2D eigenvalue weighted by Crippen LogP contribution is 2.22. The molecule has 15 nitrogen and oxygen atoms in total. The van der Waals surface area contributed by atoms with Crippen molar-refractivity contribution in [3.63, 3.8) is 0 Å². The number of nitrogens with two attached hydrogens (primary N) is 5. The maximum absolute atomic E-state index is 12.4. The molecule has 1 heterocycles. The van der Waals surface area contributed by atoms with Gasteiger partial charge in [0.05, 0.1) is 0 Å². The number of amides is 2. The Balaban J connectivity index is 1.39. The molecule has 2 aromatic carbocycles. The first-order valence-corrected chi connectivity index (χ1v) is 15.3. The molecular formula is C31H40ClN11O4. The molecule has 0 bridgehead atoms. The van der Waals surface area contributed by atoms with E-state index in [0.29, 0.717) is 25.9 Å². The highest BCUT2D eigenvalue weighted by molar-refractivity contribution is 6.31. The van der Waals surface area contributed by atoms with Crippen molar-refractivity contribution < 1.29 is 19.5 Å². The third-order valence-corrected chi connectivity index (χ3v) is 7.26. The van der Waals surface area contributed by atoms with Gasteiger partial charge in [-0.15, -0.1) is 0 Å². The molecule has 0 fully saturated rings. The number of nitrogens with zero attached hydrogens (tertiary/aromatic N) is 4. The molecule has 0 aliphatic carbocycles. The van der Waals surface area contributed by atoms with E-state index in [4.69, 9.17) is 40.3 Å². The summed E-state index contributed by atoms with van der Waals surface area (Å²) in [6.07, 6.45) is 3.77. The number of carboxylic acid groups (broad SMARTS) is 1. The maximum Gasteiger partial charge on any atom is 0.326 e. The summed E-state index contributed by atoms with van der Waals surface area (Å²) in [6.45, 7) is 0.715. The summed E-state index contributed by atoms with van der Waals surface area (Å²) in [4.78, 5) is 51.8. The minimum atomic E-state index is -1.10. The summed E-state index contributed by atoms with van der Waals surface area (Å²) in [5.41, 5.74) is 31.6. The summed E-state index contributed by atoms with van der Waals surface area (Å²) in [5.74, 6) is -2.48. The Morgan fingerprint density at radius 1 is 0.809 bits per heavy atom. The van der Waals surface area contributed by atoms with Gasteiger partial charge in [0.25, 0.3) is 5.91 Å². The van der Waals surface area contributed by atoms with Gasteiger partial charge in [0.2, 0.25) is 5.91 Å². The monoisotopic (exact) mass is 665 g/mol. The van der Waals surface area contributed by atoms with Crippen LogP contribution in [0.25, 0.3) is 11.1 Å². The Morgan fingerprint density at radius 2 is 1.40 bits per heavy atom. The summed E-state index contributed by atoms with van der Waals surface area (Å²) in [7, 11) is 0. The molecule has 13 N–H and O–H groups in total. The van der Waals surface area contributed by atoms with Gasteiger partial charge in [0.1, 0.15) is 6.04 Å². The van der Waals surface area contributed by atoms with Gasteiger partial charge in [-0.2, -0.15) is 0 Å². The number of unbranched alkanes of at least 4 members (excludes halogenated alkanes) is 1. The number of benzene rings is 2. The number of aliphatic carboxylic acids is 1. The fraction of sp³-hybridized carbons (Fsp3) is 0.323. The Hall–Kier alpha value is -5.44. The number of anilines is 2. The van der Waals surface area contributed by atoms with Gasteiger partial charge in [-0.25, -0.2) is 14.8 Å². The molecular weight excluding hydrogens is 626 g/mol. The molecule has 0 saturated carbocycles. The molecule has 0 saturated heterocycles. The highest BCUT2D eigenvalue weighted by atomic mass is 35.5. The zero-order chi connectivity index (χ0) is 34.3. The van der Waals surface area contributed by atoms with Gasteiger partial charge < -0.3 is 39.1 Å². The van der Waals surface area contributed by atoms with Crippen LogP contribution in [0.4, 0.5) is 11.6 Å². The van der Waals surface area contributed by atoms with Crippen molar-refractivity contribution in [2.24, 2.45) is 27.2 Å². The van der Waals surface area contributed by atoms with E-state index >= 15 is 0 Å². The van der Waals surface area contributed by atoms with Gasteiger partial charge in [0, 0.05) is 19.5 Å². The smallest absolute Gasteiger partial charge is 0.326 e. The van der Waals surface area contributed by atoms with Crippen LogP contribution in [-0.4, -0.2) is 63.9 Å². The molecule has 250 valence electrons. The number of nitrogens with one attached hydrogen (secondary N) is 2. The van der Waals surface area contributed by atoms with Crippen molar-refractivity contribution in [2.75, 3.05) is 24.6 Å². The number of aryl methyl sites for hydroxylation is 2. The first kappa shape index (κ1) is 36.0. The van der Waals surface area contributed by atoms with E-state index in [1.54, 1.807) is 0 Å². The standard InChI is InChI=1S/C31H40ClN11O4/c32-25-27(34)42-26(33)24(41-25)28(45)43-31(37)39-16-2-1-4-18-6-11-20(12-7-18)21-13-8-19(9-14-21)10-15-23(44)40-22(29(46)47)5-3-17-38-30(35)36/h6-9,11-14,22H,1-5,10,15-17H2,(H,40,44)(H,46,47)(H4,33,34,42)(H4,35,36,38)(H3,37,39,43,45)/t22-/m0/s1. The van der Waals surface area contributed by atoms with Crippen molar-refractivity contribution in [1.82, 2.24) is 20.6 Å². The first-order valence-electron chi connectivity index (χ1n) is 14.9. The third kappa shape index (κ3) is 12.1. The van der Waals surface area contributed by atoms with Crippen LogP contribution < -0.4 is 39.3 Å². The van der Waals surface area contributed by atoms with E-state index in [-0.39, 0.29) is 53.2 Å². The van der Waals surface area contributed by atoms with E-state index in [2.05, 4.69) is 54.9 Å². The summed E-state index contributed by atoms with van der Waals surface area (Å²) >= 11 is 5.81. The second-order valence-corrected chi connectivity index (χ2v) is 11.0. The predicted octanol–water partition coefficient (Wildman–Crippen LogP) is 1.58. The van der Waals surface area contributed by atoms with Crippen LogP contribution in [0.5, 0.6) is 0 Å². The van der Waals surface area contributed by atoms with E-state index in [9.17, 15) is 19.5 Å². The Morgan fingerprint density at radius 3 is 2.00 bits per heavy atom. The molecule has 0 unspecified atom stereocenters. The van der Waals surface area contributed by atoms with Gasteiger partial charge in [-0.3, -0.25) is 24.9 Å². The van der Waals surface area contributed by atoms with Crippen LogP contribution in [0.15, 0.2) is 58.5 Å². The molecule has 3 aromatic rings. The number of hydrogen-bond acceptors (Lipinski definition) is 9. The molecule has 0 spiro atoms. The van der Waals surface area contributed by atoms with E-state index in [1.807, 2.05) is 24.3 Å². The van der Waals surface area contributed by atoms with Crippen molar-refractivity contribution in [1.29, 1.82) is 0 Å². The van der Waals surface area contributed by atoms with Gasteiger partial charge in [-0.05, 0) is 60.8 Å². The normalized spacial score (nSPS) is 11.8. The lowest BCUT2D eigenvalue weighted by molar-refractivity contribution is -0.142. The Labute approximate surface area is 277 Å². The third-order valence-electron chi connectivity index (χ3n) is 6.98. The second-order valence-electron chi connectivity index (χ2n) is 10.6. The Kier molecular flexibility index (Phi) is 13.7. The number of carbonyl (C=O) groups excluding carboxylic acids is 2. The second kappa shape index (κ2) is 17.9. The molecule has 0 aliphatic heterocycles. The lowest BCUT2D eigenvalue weighted by atomic mass is 9.99. The van der Waals surface area contributed by atoms with Crippen molar-refractivity contribution in [3.05, 3.63) is 70.5 Å². The molecule has 1 aromatic heterocycles. The number of rotatable bonds is 16. The number of hydrogen-bond donors (Lipinski definition) is 8. The number of nitrogen functional groups attached to an aromatic ring is 2. The topological polar surface area (TPSA) is 276 Å². The molecule has 47 heavy (non-hydrogen) atoms. The highest BCUT2D eigenvalue weighted by Gasteiger charge is 2.19. The Bertz CT molecular complexity index is 1590. The SMILES string of the molecule is NC(N)=NCCC[C@H](NC(=O)CCc1ccc(-c2ccc(CCCCN=C(N)NC(=O)c3nc(Cl)c(N)nc3N)cc2)cc1)C(=O)O. The maximum atomic E-state index is 12.4. The quantitative estimate of drug-likeness (QED) is 0.0617. The number of guanidine groups is 2. The predicted molar refractivity (Wildman–Crippen MR) is 182 cm³/mol. The first-order chi connectivity index (χ1) is 22.4. The molecule has 1 atom stereocenters. The summed E-state index contributed by atoms with van der Waals surface area (Å²) in [5, 5.41) is 14.2. The molecule has 2 amide bonds. The average molecular weight is 666 g/mol. The average Bonchev–Trinajstić information content (AvgIpc) is 3.03. The van der Waals surface area contributed by atoms with E-state index in [0.717, 1.165) is 36.0 Å². The molecule has 3 rings (SSSR count). The lowest BCUT2D eigenvalue weighted by Crippen LogP contribution is -2.41.